The smallest absolute Gasteiger partial charge is 0.237 e. The number of nitrogens with one attached hydrogen (secondary N) is 2. The molecule has 0 aliphatic carbocycles. The third-order valence-corrected chi connectivity index (χ3v) is 3.46. The van der Waals surface area contributed by atoms with Crippen LogP contribution in [0.1, 0.15) is 44.7 Å². The SMILES string of the molecule is CCn1cc(C(C)NC2CCCCNC2=O)cn1. The van der Waals surface area contributed by atoms with Crippen molar-refractivity contribution in [3.05, 3.63) is 18.0 Å². The third-order valence-electron chi connectivity index (χ3n) is 3.46. The predicted molar refractivity (Wildman–Crippen MR) is 70.1 cm³/mol. The van der Waals surface area contributed by atoms with Gasteiger partial charge < -0.3 is 5.32 Å². The highest BCUT2D eigenvalue weighted by Crippen LogP contribution is 2.14. The normalized spacial score (nSPS) is 22.3. The minimum atomic E-state index is -0.0764. The van der Waals surface area contributed by atoms with E-state index in [1.165, 1.54) is 0 Å². The molecular formula is C13H22N4O. The van der Waals surface area contributed by atoms with Gasteiger partial charge >= 0.3 is 0 Å². The van der Waals surface area contributed by atoms with Gasteiger partial charge in [0, 0.05) is 30.9 Å². The minimum Gasteiger partial charge on any atom is -0.355 e. The van der Waals surface area contributed by atoms with Gasteiger partial charge in [-0.1, -0.05) is 0 Å². The van der Waals surface area contributed by atoms with Crippen molar-refractivity contribution in [2.24, 2.45) is 0 Å². The molecule has 0 saturated carbocycles. The van der Waals surface area contributed by atoms with Gasteiger partial charge in [0.15, 0.2) is 0 Å². The quantitative estimate of drug-likeness (QED) is 0.845. The van der Waals surface area contributed by atoms with Gasteiger partial charge in [-0.25, -0.2) is 0 Å². The van der Waals surface area contributed by atoms with Crippen molar-refractivity contribution in [3.63, 3.8) is 0 Å². The van der Waals surface area contributed by atoms with E-state index in [1.807, 2.05) is 17.1 Å². The molecule has 1 saturated heterocycles. The fraction of sp³-hybridized carbons (Fsp3) is 0.692. The zero-order valence-corrected chi connectivity index (χ0v) is 11.1. The van der Waals surface area contributed by atoms with Crippen molar-refractivity contribution in [2.75, 3.05) is 6.54 Å². The maximum Gasteiger partial charge on any atom is 0.237 e. The number of aromatic nitrogens is 2. The first-order valence-electron chi connectivity index (χ1n) is 6.77. The van der Waals surface area contributed by atoms with Crippen molar-refractivity contribution in [2.45, 2.75) is 51.7 Å². The van der Waals surface area contributed by atoms with Crippen LogP contribution in [-0.4, -0.2) is 28.3 Å². The minimum absolute atomic E-state index is 0.0764. The van der Waals surface area contributed by atoms with Crippen molar-refractivity contribution in [1.82, 2.24) is 20.4 Å². The number of carbonyl (C=O) groups excluding carboxylic acids is 1. The summed E-state index contributed by atoms with van der Waals surface area (Å²) in [5.41, 5.74) is 1.13. The lowest BCUT2D eigenvalue weighted by Gasteiger charge is -2.20. The predicted octanol–water partition coefficient (Wildman–Crippen LogP) is 1.22. The molecular weight excluding hydrogens is 228 g/mol. The summed E-state index contributed by atoms with van der Waals surface area (Å²) in [5.74, 6) is 0.127. The lowest BCUT2D eigenvalue weighted by Crippen LogP contribution is -2.43. The van der Waals surface area contributed by atoms with Crippen LogP contribution in [-0.2, 0) is 11.3 Å². The molecule has 2 atom stereocenters. The fourth-order valence-corrected chi connectivity index (χ4v) is 2.27. The van der Waals surface area contributed by atoms with Gasteiger partial charge in [-0.05, 0) is 33.1 Å². The maximum absolute atomic E-state index is 11.8. The number of aryl methyl sites for hydroxylation is 1. The van der Waals surface area contributed by atoms with E-state index in [-0.39, 0.29) is 18.0 Å². The Bertz CT molecular complexity index is 401. The van der Waals surface area contributed by atoms with Crippen LogP contribution in [0.25, 0.3) is 0 Å². The third kappa shape index (κ3) is 3.10. The lowest BCUT2D eigenvalue weighted by atomic mass is 10.1. The molecule has 18 heavy (non-hydrogen) atoms. The monoisotopic (exact) mass is 250 g/mol. The van der Waals surface area contributed by atoms with Gasteiger partial charge in [0.1, 0.15) is 0 Å². The second-order valence-corrected chi connectivity index (χ2v) is 4.86. The maximum atomic E-state index is 11.8. The van der Waals surface area contributed by atoms with Gasteiger partial charge in [0.25, 0.3) is 0 Å². The first-order chi connectivity index (χ1) is 8.70. The van der Waals surface area contributed by atoms with E-state index in [4.69, 9.17) is 0 Å². The first-order valence-corrected chi connectivity index (χ1v) is 6.77. The Kier molecular flexibility index (Phi) is 4.36. The number of amides is 1. The highest BCUT2D eigenvalue weighted by molar-refractivity contribution is 5.81. The molecule has 2 N–H and O–H groups in total. The molecule has 2 unspecified atom stereocenters. The molecule has 1 fully saturated rings. The molecule has 0 aromatic carbocycles. The molecule has 0 spiro atoms. The fourth-order valence-electron chi connectivity index (χ4n) is 2.27. The number of hydrogen-bond acceptors (Lipinski definition) is 3. The summed E-state index contributed by atoms with van der Waals surface area (Å²) in [4.78, 5) is 11.8. The lowest BCUT2D eigenvalue weighted by molar-refractivity contribution is -0.123. The standard InChI is InChI=1S/C13H22N4O/c1-3-17-9-11(8-15-17)10(2)16-12-6-4-5-7-14-13(12)18/h8-10,12,16H,3-7H2,1-2H3,(H,14,18). The van der Waals surface area contributed by atoms with Crippen molar-refractivity contribution < 1.29 is 4.79 Å². The molecule has 100 valence electrons. The zero-order chi connectivity index (χ0) is 13.0. The number of nitrogens with zero attached hydrogens (tertiary/aromatic N) is 2. The second kappa shape index (κ2) is 6.00. The Morgan fingerprint density at radius 1 is 1.61 bits per heavy atom. The van der Waals surface area contributed by atoms with E-state index in [0.29, 0.717) is 0 Å². The van der Waals surface area contributed by atoms with E-state index in [1.54, 1.807) is 0 Å². The zero-order valence-electron chi connectivity index (χ0n) is 11.1. The first kappa shape index (κ1) is 13.1. The average molecular weight is 250 g/mol. The average Bonchev–Trinajstić information content (AvgIpc) is 2.77. The summed E-state index contributed by atoms with van der Waals surface area (Å²) < 4.78 is 1.90. The van der Waals surface area contributed by atoms with Crippen LogP contribution < -0.4 is 10.6 Å². The van der Waals surface area contributed by atoms with Crippen molar-refractivity contribution >= 4 is 5.91 Å². The van der Waals surface area contributed by atoms with Gasteiger partial charge in [0.05, 0.1) is 12.2 Å². The largest absolute Gasteiger partial charge is 0.355 e. The van der Waals surface area contributed by atoms with Crippen molar-refractivity contribution in [3.8, 4) is 0 Å². The molecule has 1 aromatic heterocycles. The number of hydrogen-bond donors (Lipinski definition) is 2. The summed E-state index contributed by atoms with van der Waals surface area (Å²) in [5, 5.41) is 10.6. The van der Waals surface area contributed by atoms with Gasteiger partial charge in [-0.15, -0.1) is 0 Å². The molecule has 1 amide bonds. The van der Waals surface area contributed by atoms with Crippen LogP contribution in [0.5, 0.6) is 0 Å². The Balaban J connectivity index is 1.96. The summed E-state index contributed by atoms with van der Waals surface area (Å²) in [6.07, 6.45) is 6.99. The van der Waals surface area contributed by atoms with E-state index < -0.39 is 0 Å². The van der Waals surface area contributed by atoms with E-state index in [9.17, 15) is 4.79 Å². The summed E-state index contributed by atoms with van der Waals surface area (Å²) in [7, 11) is 0. The molecule has 5 heteroatoms. The van der Waals surface area contributed by atoms with E-state index in [0.717, 1.165) is 37.9 Å². The highest BCUT2D eigenvalue weighted by Gasteiger charge is 2.22. The van der Waals surface area contributed by atoms with Gasteiger partial charge in [-0.2, -0.15) is 5.10 Å². The molecule has 1 aliphatic heterocycles. The molecule has 2 rings (SSSR count). The summed E-state index contributed by atoms with van der Waals surface area (Å²) in [6.45, 7) is 5.82. The summed E-state index contributed by atoms with van der Waals surface area (Å²) in [6, 6.07) is 0.0756. The Morgan fingerprint density at radius 3 is 3.17 bits per heavy atom. The van der Waals surface area contributed by atoms with Crippen LogP contribution in [0, 0.1) is 0 Å². The Morgan fingerprint density at radius 2 is 2.44 bits per heavy atom. The molecule has 5 nitrogen and oxygen atoms in total. The molecule has 1 aromatic rings. The van der Waals surface area contributed by atoms with E-state index in [2.05, 4.69) is 29.6 Å². The van der Waals surface area contributed by atoms with Crippen LogP contribution >= 0.6 is 0 Å². The van der Waals surface area contributed by atoms with Crippen LogP contribution in [0.15, 0.2) is 12.4 Å². The van der Waals surface area contributed by atoms with Crippen LogP contribution in [0.3, 0.4) is 0 Å². The summed E-state index contributed by atoms with van der Waals surface area (Å²) >= 11 is 0. The number of rotatable bonds is 4. The Hall–Kier alpha value is -1.36. The molecule has 1 aliphatic rings. The van der Waals surface area contributed by atoms with E-state index >= 15 is 0 Å². The second-order valence-electron chi connectivity index (χ2n) is 4.86. The molecule has 0 radical (unpaired) electrons. The van der Waals surface area contributed by atoms with Crippen LogP contribution in [0.4, 0.5) is 0 Å². The number of carbonyl (C=O) groups is 1. The van der Waals surface area contributed by atoms with Crippen LogP contribution in [0.2, 0.25) is 0 Å². The highest BCUT2D eigenvalue weighted by atomic mass is 16.2. The van der Waals surface area contributed by atoms with Gasteiger partial charge in [-0.3, -0.25) is 14.8 Å². The van der Waals surface area contributed by atoms with Crippen molar-refractivity contribution in [1.29, 1.82) is 0 Å². The van der Waals surface area contributed by atoms with Gasteiger partial charge in [0.2, 0.25) is 5.91 Å². The topological polar surface area (TPSA) is 59.0 Å². The Labute approximate surface area is 108 Å². The molecule has 2 heterocycles. The molecule has 0 bridgehead atoms.